The van der Waals surface area contributed by atoms with Crippen LogP contribution in [0, 0.1) is 11.8 Å². The highest BCUT2D eigenvalue weighted by atomic mass is 32.2. The number of amides is 1. The molecule has 5 nitrogen and oxygen atoms in total. The van der Waals surface area contributed by atoms with Gasteiger partial charge < -0.3 is 10.0 Å². The van der Waals surface area contributed by atoms with Crippen LogP contribution in [0.5, 0.6) is 0 Å². The first kappa shape index (κ1) is 20.1. The van der Waals surface area contributed by atoms with Crippen molar-refractivity contribution in [3.8, 4) is 0 Å². The summed E-state index contributed by atoms with van der Waals surface area (Å²) in [6.45, 7) is 1.09. The Morgan fingerprint density at radius 1 is 1.03 bits per heavy atom. The Kier molecular flexibility index (Phi) is 5.49. The van der Waals surface area contributed by atoms with Gasteiger partial charge in [0.1, 0.15) is 0 Å². The van der Waals surface area contributed by atoms with E-state index >= 15 is 0 Å². The third-order valence-electron chi connectivity index (χ3n) is 6.50. The number of rotatable bonds is 5. The molecule has 2 aliphatic rings. The van der Waals surface area contributed by atoms with E-state index in [2.05, 4.69) is 0 Å². The lowest BCUT2D eigenvalue weighted by Gasteiger charge is -2.41. The van der Waals surface area contributed by atoms with E-state index in [0.29, 0.717) is 19.5 Å². The molecule has 1 aliphatic carbocycles. The number of nitrogens with zero attached hydrogens (tertiary/aromatic N) is 1. The fourth-order valence-electron chi connectivity index (χ4n) is 4.94. The molecule has 1 aliphatic heterocycles. The molecule has 1 saturated heterocycles. The lowest BCUT2D eigenvalue weighted by Crippen LogP contribution is -2.43. The summed E-state index contributed by atoms with van der Waals surface area (Å²) in [5.74, 6) is -0.0868. The maximum absolute atomic E-state index is 12.8. The van der Waals surface area contributed by atoms with Crippen LogP contribution >= 0.6 is 0 Å². The summed E-state index contributed by atoms with van der Waals surface area (Å²) in [5, 5.41) is 11.5. The lowest BCUT2D eigenvalue weighted by molar-refractivity contribution is -0.130. The highest BCUT2D eigenvalue weighted by Gasteiger charge is 2.50. The van der Waals surface area contributed by atoms with Crippen LogP contribution in [0.1, 0.15) is 31.2 Å². The van der Waals surface area contributed by atoms with Crippen LogP contribution in [0.15, 0.2) is 65.6 Å². The predicted octanol–water partition coefficient (Wildman–Crippen LogP) is 3.00. The summed E-state index contributed by atoms with van der Waals surface area (Å²) in [4.78, 5) is 14.8. The SMILES string of the molecule is O=C(CCS(=O)(=O)c1ccccc1)N1C[C@H]2CCC[C@](O)(c3ccccc3)[C@H]2C1. The standard InChI is InChI=1S/C23H27NO4S/c25-22(13-15-29(27,28)20-11-5-2-6-12-20)24-16-18-8-7-14-23(26,21(18)17-24)19-9-3-1-4-10-19/h1-6,9-12,18,21,26H,7-8,13-17H2/t18-,21+,23+/m1/s1. The highest BCUT2D eigenvalue weighted by molar-refractivity contribution is 7.91. The smallest absolute Gasteiger partial charge is 0.223 e. The van der Waals surface area contributed by atoms with Gasteiger partial charge in [-0.1, -0.05) is 48.5 Å². The number of hydrogen-bond donors (Lipinski definition) is 1. The van der Waals surface area contributed by atoms with E-state index in [1.165, 1.54) is 0 Å². The summed E-state index contributed by atoms with van der Waals surface area (Å²) < 4.78 is 25.0. The van der Waals surface area contributed by atoms with Crippen LogP contribution in [0.4, 0.5) is 0 Å². The number of sulfone groups is 1. The molecule has 4 rings (SSSR count). The molecule has 0 unspecified atom stereocenters. The Balaban J connectivity index is 1.44. The van der Waals surface area contributed by atoms with Crippen molar-refractivity contribution in [1.29, 1.82) is 0 Å². The predicted molar refractivity (Wildman–Crippen MR) is 111 cm³/mol. The van der Waals surface area contributed by atoms with Crippen LogP contribution in [0.3, 0.4) is 0 Å². The molecule has 0 aromatic heterocycles. The summed E-state index contributed by atoms with van der Waals surface area (Å²) in [5.41, 5.74) is -0.00866. The van der Waals surface area contributed by atoms with Gasteiger partial charge in [-0.3, -0.25) is 4.79 Å². The number of carbonyl (C=O) groups excluding carboxylic acids is 1. The zero-order valence-electron chi connectivity index (χ0n) is 16.4. The molecule has 154 valence electrons. The second-order valence-electron chi connectivity index (χ2n) is 8.23. The van der Waals surface area contributed by atoms with Crippen molar-refractivity contribution < 1.29 is 18.3 Å². The first-order valence-electron chi connectivity index (χ1n) is 10.2. The second-order valence-corrected chi connectivity index (χ2v) is 10.3. The minimum Gasteiger partial charge on any atom is -0.385 e. The van der Waals surface area contributed by atoms with Crippen molar-refractivity contribution in [3.63, 3.8) is 0 Å². The van der Waals surface area contributed by atoms with Crippen LogP contribution in [0.2, 0.25) is 0 Å². The number of likely N-dealkylation sites (tertiary alicyclic amines) is 1. The summed E-state index contributed by atoms with van der Waals surface area (Å²) in [6.07, 6.45) is 2.59. The molecule has 0 spiro atoms. The van der Waals surface area contributed by atoms with Gasteiger partial charge in [0.15, 0.2) is 9.84 Å². The molecule has 1 heterocycles. The van der Waals surface area contributed by atoms with Gasteiger partial charge in [0.05, 0.1) is 16.2 Å². The number of hydrogen-bond acceptors (Lipinski definition) is 4. The largest absolute Gasteiger partial charge is 0.385 e. The van der Waals surface area contributed by atoms with Crippen LogP contribution < -0.4 is 0 Å². The maximum atomic E-state index is 12.8. The molecular formula is C23H27NO4S. The number of fused-ring (bicyclic) bond motifs is 1. The fraction of sp³-hybridized carbons (Fsp3) is 0.435. The molecule has 6 heteroatoms. The molecule has 1 amide bonds. The molecule has 2 fully saturated rings. The summed E-state index contributed by atoms with van der Waals surface area (Å²) in [7, 11) is -3.47. The van der Waals surface area contributed by atoms with E-state index in [1.807, 2.05) is 30.3 Å². The second kappa shape index (κ2) is 7.92. The van der Waals surface area contributed by atoms with Crippen LogP contribution in [0.25, 0.3) is 0 Å². The lowest BCUT2D eigenvalue weighted by atomic mass is 9.67. The maximum Gasteiger partial charge on any atom is 0.223 e. The highest BCUT2D eigenvalue weighted by Crippen LogP contribution is 2.48. The molecule has 1 N–H and O–H groups in total. The van der Waals surface area contributed by atoms with Crippen molar-refractivity contribution in [1.82, 2.24) is 4.90 Å². The van der Waals surface area contributed by atoms with Gasteiger partial charge in [-0.15, -0.1) is 0 Å². The molecule has 2 aromatic carbocycles. The van der Waals surface area contributed by atoms with Crippen molar-refractivity contribution in [2.45, 2.75) is 36.2 Å². The third kappa shape index (κ3) is 3.96. The molecule has 2 aromatic rings. The van der Waals surface area contributed by atoms with Gasteiger partial charge in [0.2, 0.25) is 5.91 Å². The number of carbonyl (C=O) groups is 1. The Bertz CT molecular complexity index is 961. The van der Waals surface area contributed by atoms with E-state index in [9.17, 15) is 18.3 Å². The minimum atomic E-state index is -3.47. The molecule has 3 atom stereocenters. The monoisotopic (exact) mass is 413 g/mol. The van der Waals surface area contributed by atoms with Gasteiger partial charge in [0.25, 0.3) is 0 Å². The van der Waals surface area contributed by atoms with E-state index < -0.39 is 15.4 Å². The zero-order chi connectivity index (χ0) is 20.5. The quantitative estimate of drug-likeness (QED) is 0.818. The van der Waals surface area contributed by atoms with Crippen molar-refractivity contribution >= 4 is 15.7 Å². The van der Waals surface area contributed by atoms with E-state index in [1.54, 1.807) is 35.2 Å². The average molecular weight is 414 g/mol. The Labute approximate surface area is 172 Å². The van der Waals surface area contributed by atoms with Gasteiger partial charge in [-0.2, -0.15) is 0 Å². The first-order chi connectivity index (χ1) is 13.9. The van der Waals surface area contributed by atoms with Crippen LogP contribution in [-0.4, -0.2) is 43.2 Å². The third-order valence-corrected chi connectivity index (χ3v) is 8.23. The summed E-state index contributed by atoms with van der Waals surface area (Å²) in [6, 6.07) is 18.0. The molecular weight excluding hydrogens is 386 g/mol. The van der Waals surface area contributed by atoms with E-state index in [4.69, 9.17) is 0 Å². The first-order valence-corrected chi connectivity index (χ1v) is 11.9. The van der Waals surface area contributed by atoms with Gasteiger partial charge in [0, 0.05) is 25.4 Å². The number of benzene rings is 2. The van der Waals surface area contributed by atoms with Gasteiger partial charge in [-0.25, -0.2) is 8.42 Å². The topological polar surface area (TPSA) is 74.7 Å². The molecule has 0 radical (unpaired) electrons. The normalized spacial score (nSPS) is 26.9. The Hall–Kier alpha value is -2.18. The Morgan fingerprint density at radius 2 is 1.69 bits per heavy atom. The Morgan fingerprint density at radius 3 is 2.38 bits per heavy atom. The van der Waals surface area contributed by atoms with E-state index in [0.717, 1.165) is 18.4 Å². The molecule has 0 bridgehead atoms. The van der Waals surface area contributed by atoms with Gasteiger partial charge >= 0.3 is 0 Å². The summed E-state index contributed by atoms with van der Waals surface area (Å²) >= 11 is 0. The minimum absolute atomic E-state index is 0.00618. The molecule has 29 heavy (non-hydrogen) atoms. The van der Waals surface area contributed by atoms with Crippen molar-refractivity contribution in [2.75, 3.05) is 18.8 Å². The van der Waals surface area contributed by atoms with Crippen molar-refractivity contribution in [3.05, 3.63) is 66.2 Å². The van der Waals surface area contributed by atoms with Crippen LogP contribution in [-0.2, 0) is 20.2 Å². The fourth-order valence-corrected chi connectivity index (χ4v) is 6.19. The van der Waals surface area contributed by atoms with Gasteiger partial charge in [-0.05, 0) is 42.9 Å². The molecule has 1 saturated carbocycles. The average Bonchev–Trinajstić information content (AvgIpc) is 3.20. The van der Waals surface area contributed by atoms with Crippen molar-refractivity contribution in [2.24, 2.45) is 11.8 Å². The van der Waals surface area contributed by atoms with E-state index in [-0.39, 0.29) is 34.8 Å². The number of aliphatic hydroxyl groups is 1. The zero-order valence-corrected chi connectivity index (χ0v) is 17.2.